The van der Waals surface area contributed by atoms with Crippen molar-refractivity contribution < 1.29 is 0 Å². The van der Waals surface area contributed by atoms with Crippen molar-refractivity contribution in [3.63, 3.8) is 0 Å². The Hall–Kier alpha value is -1.19. The van der Waals surface area contributed by atoms with Gasteiger partial charge in [0.1, 0.15) is 0 Å². The Bertz CT molecular complexity index is 450. The van der Waals surface area contributed by atoms with Gasteiger partial charge in [-0.05, 0) is 25.5 Å². The van der Waals surface area contributed by atoms with Gasteiger partial charge in [-0.1, -0.05) is 37.3 Å². The summed E-state index contributed by atoms with van der Waals surface area (Å²) in [5, 5.41) is 3.54. The highest BCUT2D eigenvalue weighted by Crippen LogP contribution is 2.24. The largest absolute Gasteiger partial charge is 0.309 e. The highest BCUT2D eigenvalue weighted by Gasteiger charge is 2.15. The van der Waals surface area contributed by atoms with Gasteiger partial charge in [0.15, 0.2) is 0 Å². The summed E-state index contributed by atoms with van der Waals surface area (Å²) in [4.78, 5) is 5.70. The first-order valence-electron chi connectivity index (χ1n) is 5.98. The SMILES string of the molecule is CCNC(Cc1ccccc1)c1scnc1C. The van der Waals surface area contributed by atoms with Crippen molar-refractivity contribution in [3.05, 3.63) is 52.0 Å². The van der Waals surface area contributed by atoms with Crippen molar-refractivity contribution in [2.45, 2.75) is 26.3 Å². The van der Waals surface area contributed by atoms with E-state index in [0.29, 0.717) is 6.04 Å². The third-order valence-electron chi connectivity index (χ3n) is 2.83. The number of nitrogens with one attached hydrogen (secondary N) is 1. The number of hydrogen-bond acceptors (Lipinski definition) is 3. The molecule has 1 aromatic carbocycles. The lowest BCUT2D eigenvalue weighted by Crippen LogP contribution is -2.22. The first-order chi connectivity index (χ1) is 8.31. The van der Waals surface area contributed by atoms with Gasteiger partial charge < -0.3 is 5.32 Å². The van der Waals surface area contributed by atoms with Crippen molar-refractivity contribution in [1.29, 1.82) is 0 Å². The van der Waals surface area contributed by atoms with Crippen LogP contribution in [0.4, 0.5) is 0 Å². The summed E-state index contributed by atoms with van der Waals surface area (Å²) in [7, 11) is 0. The monoisotopic (exact) mass is 246 g/mol. The molecule has 0 saturated heterocycles. The number of aromatic nitrogens is 1. The Kier molecular flexibility index (Phi) is 4.29. The Balaban J connectivity index is 2.16. The minimum absolute atomic E-state index is 0.384. The van der Waals surface area contributed by atoms with Crippen molar-refractivity contribution in [1.82, 2.24) is 10.3 Å². The quantitative estimate of drug-likeness (QED) is 0.875. The lowest BCUT2D eigenvalue weighted by atomic mass is 10.0. The molecule has 2 nitrogen and oxygen atoms in total. The molecular weight excluding hydrogens is 228 g/mol. The third kappa shape index (κ3) is 3.14. The summed E-state index contributed by atoms with van der Waals surface area (Å²) in [5.74, 6) is 0. The molecular formula is C14H18N2S. The Labute approximate surface area is 107 Å². The second-order valence-corrected chi connectivity index (χ2v) is 4.99. The smallest absolute Gasteiger partial charge is 0.0798 e. The minimum Gasteiger partial charge on any atom is -0.309 e. The summed E-state index contributed by atoms with van der Waals surface area (Å²) < 4.78 is 0. The molecule has 1 unspecified atom stereocenters. The average Bonchev–Trinajstić information content (AvgIpc) is 2.76. The van der Waals surface area contributed by atoms with E-state index < -0.39 is 0 Å². The van der Waals surface area contributed by atoms with Crippen molar-refractivity contribution in [3.8, 4) is 0 Å². The summed E-state index contributed by atoms with van der Waals surface area (Å²) >= 11 is 1.74. The van der Waals surface area contributed by atoms with Gasteiger partial charge in [0.05, 0.1) is 11.2 Å². The van der Waals surface area contributed by atoms with Gasteiger partial charge in [-0.25, -0.2) is 4.98 Å². The maximum Gasteiger partial charge on any atom is 0.0798 e. The van der Waals surface area contributed by atoms with Crippen molar-refractivity contribution >= 4 is 11.3 Å². The fourth-order valence-electron chi connectivity index (χ4n) is 2.00. The number of benzene rings is 1. The predicted molar refractivity (Wildman–Crippen MR) is 73.4 cm³/mol. The molecule has 0 amide bonds. The predicted octanol–water partition coefficient (Wildman–Crippen LogP) is 3.34. The number of nitrogens with zero attached hydrogens (tertiary/aromatic N) is 1. The van der Waals surface area contributed by atoms with Crippen LogP contribution >= 0.6 is 11.3 Å². The van der Waals surface area contributed by atoms with Crippen LogP contribution in [0.25, 0.3) is 0 Å². The van der Waals surface area contributed by atoms with E-state index in [9.17, 15) is 0 Å². The molecule has 0 radical (unpaired) electrons. The summed E-state index contributed by atoms with van der Waals surface area (Å²) in [6.45, 7) is 5.21. The van der Waals surface area contributed by atoms with Crippen molar-refractivity contribution in [2.75, 3.05) is 6.54 Å². The van der Waals surface area contributed by atoms with Crippen LogP contribution in [0.5, 0.6) is 0 Å². The molecule has 0 aliphatic carbocycles. The van der Waals surface area contributed by atoms with E-state index in [1.165, 1.54) is 10.4 Å². The Morgan fingerprint density at radius 2 is 2.06 bits per heavy atom. The summed E-state index contributed by atoms with van der Waals surface area (Å²) in [6.07, 6.45) is 1.03. The average molecular weight is 246 g/mol. The van der Waals surface area contributed by atoms with Crippen LogP contribution in [0, 0.1) is 6.92 Å². The van der Waals surface area contributed by atoms with E-state index in [2.05, 4.69) is 54.5 Å². The molecule has 1 N–H and O–H groups in total. The normalized spacial score (nSPS) is 12.6. The number of rotatable bonds is 5. The lowest BCUT2D eigenvalue weighted by Gasteiger charge is -2.17. The maximum absolute atomic E-state index is 4.34. The molecule has 2 rings (SSSR count). The van der Waals surface area contributed by atoms with E-state index in [1.54, 1.807) is 11.3 Å². The highest BCUT2D eigenvalue weighted by molar-refractivity contribution is 7.09. The van der Waals surface area contributed by atoms with Gasteiger partial charge in [-0.3, -0.25) is 0 Å². The van der Waals surface area contributed by atoms with Gasteiger partial charge >= 0.3 is 0 Å². The molecule has 90 valence electrons. The van der Waals surface area contributed by atoms with Crippen LogP contribution in [0.3, 0.4) is 0 Å². The van der Waals surface area contributed by atoms with E-state index in [4.69, 9.17) is 0 Å². The molecule has 0 bridgehead atoms. The van der Waals surface area contributed by atoms with E-state index in [-0.39, 0.29) is 0 Å². The first kappa shape index (κ1) is 12.3. The summed E-state index contributed by atoms with van der Waals surface area (Å²) in [5.41, 5.74) is 4.45. The van der Waals surface area contributed by atoms with Crippen LogP contribution < -0.4 is 5.32 Å². The Morgan fingerprint density at radius 1 is 1.29 bits per heavy atom. The number of likely N-dealkylation sites (N-methyl/N-ethyl adjacent to an activating group) is 1. The molecule has 17 heavy (non-hydrogen) atoms. The van der Waals surface area contributed by atoms with Crippen LogP contribution in [0.1, 0.15) is 29.1 Å². The van der Waals surface area contributed by atoms with E-state index in [1.807, 2.05) is 5.51 Å². The zero-order valence-corrected chi connectivity index (χ0v) is 11.1. The topological polar surface area (TPSA) is 24.9 Å². The van der Waals surface area contributed by atoms with Crippen LogP contribution in [0.2, 0.25) is 0 Å². The molecule has 2 aromatic rings. The fourth-order valence-corrected chi connectivity index (χ4v) is 2.88. The third-order valence-corrected chi connectivity index (χ3v) is 3.88. The molecule has 0 aliphatic rings. The number of thiazole rings is 1. The van der Waals surface area contributed by atoms with E-state index >= 15 is 0 Å². The first-order valence-corrected chi connectivity index (χ1v) is 6.86. The van der Waals surface area contributed by atoms with Crippen LogP contribution in [0.15, 0.2) is 35.8 Å². The molecule has 0 aliphatic heterocycles. The standard InChI is InChI=1S/C14H18N2S/c1-3-15-13(14-11(2)16-10-17-14)9-12-7-5-4-6-8-12/h4-8,10,13,15H,3,9H2,1-2H3. The molecule has 0 fully saturated rings. The lowest BCUT2D eigenvalue weighted by molar-refractivity contribution is 0.555. The van der Waals surface area contributed by atoms with Gasteiger partial charge in [-0.2, -0.15) is 0 Å². The zero-order valence-electron chi connectivity index (χ0n) is 10.3. The second-order valence-electron chi connectivity index (χ2n) is 4.10. The molecule has 1 aromatic heterocycles. The molecule has 1 heterocycles. The summed E-state index contributed by atoms with van der Waals surface area (Å²) in [6, 6.07) is 11.0. The molecule has 3 heteroatoms. The fraction of sp³-hybridized carbons (Fsp3) is 0.357. The van der Waals surface area contributed by atoms with Crippen LogP contribution in [-0.2, 0) is 6.42 Å². The molecule has 0 spiro atoms. The van der Waals surface area contributed by atoms with Gasteiger partial charge in [0.2, 0.25) is 0 Å². The van der Waals surface area contributed by atoms with E-state index in [0.717, 1.165) is 18.7 Å². The van der Waals surface area contributed by atoms with Crippen LogP contribution in [-0.4, -0.2) is 11.5 Å². The number of aryl methyl sites for hydroxylation is 1. The van der Waals surface area contributed by atoms with Gasteiger partial charge in [-0.15, -0.1) is 11.3 Å². The molecule has 0 saturated carbocycles. The Morgan fingerprint density at radius 3 is 2.65 bits per heavy atom. The minimum atomic E-state index is 0.384. The maximum atomic E-state index is 4.34. The number of hydrogen-bond donors (Lipinski definition) is 1. The highest BCUT2D eigenvalue weighted by atomic mass is 32.1. The van der Waals surface area contributed by atoms with Gasteiger partial charge in [0.25, 0.3) is 0 Å². The molecule has 1 atom stereocenters. The van der Waals surface area contributed by atoms with Crippen molar-refractivity contribution in [2.24, 2.45) is 0 Å². The van der Waals surface area contributed by atoms with Gasteiger partial charge in [0, 0.05) is 10.9 Å². The zero-order chi connectivity index (χ0) is 12.1. The second kappa shape index (κ2) is 5.94.